The van der Waals surface area contributed by atoms with Gasteiger partial charge in [-0.1, -0.05) is 12.1 Å². The molecule has 0 aliphatic heterocycles. The van der Waals surface area contributed by atoms with E-state index in [1.54, 1.807) is 43.3 Å². The lowest BCUT2D eigenvalue weighted by molar-refractivity contribution is -0.120. The van der Waals surface area contributed by atoms with Crippen LogP contribution in [-0.4, -0.2) is 33.7 Å². The van der Waals surface area contributed by atoms with Crippen LogP contribution in [0.5, 0.6) is 5.75 Å². The van der Waals surface area contributed by atoms with Crippen molar-refractivity contribution in [2.45, 2.75) is 19.9 Å². The first-order valence-electron chi connectivity index (χ1n) is 8.46. The van der Waals surface area contributed by atoms with Crippen LogP contribution < -0.4 is 14.4 Å². The first-order valence-corrected chi connectivity index (χ1v) is 10.3. The molecule has 2 aromatic carbocycles. The summed E-state index contributed by atoms with van der Waals surface area (Å²) in [5, 5.41) is 2.73. The van der Waals surface area contributed by atoms with Crippen LogP contribution in [0.1, 0.15) is 25.5 Å². The SMILES string of the molecule is CCOc1ccc(N(CC(=O)N[C@@H](C)c2ccc(F)cc2)S(C)(=O)=O)cc1. The Morgan fingerprint density at radius 2 is 1.74 bits per heavy atom. The molecule has 27 heavy (non-hydrogen) atoms. The third-order valence-corrected chi connectivity index (χ3v) is 5.01. The highest BCUT2D eigenvalue weighted by Crippen LogP contribution is 2.22. The number of benzene rings is 2. The molecule has 0 heterocycles. The molecule has 0 saturated heterocycles. The Bertz CT molecular complexity index is 868. The van der Waals surface area contributed by atoms with Gasteiger partial charge in [0.05, 0.1) is 24.6 Å². The van der Waals surface area contributed by atoms with Crippen LogP contribution in [0.4, 0.5) is 10.1 Å². The predicted molar refractivity (Wildman–Crippen MR) is 103 cm³/mol. The Kier molecular flexibility index (Phi) is 6.79. The zero-order valence-corrected chi connectivity index (χ0v) is 16.3. The summed E-state index contributed by atoms with van der Waals surface area (Å²) in [6, 6.07) is 11.8. The van der Waals surface area contributed by atoms with Crippen LogP contribution in [0.2, 0.25) is 0 Å². The molecule has 1 N–H and O–H groups in total. The van der Waals surface area contributed by atoms with Crippen LogP contribution in [-0.2, 0) is 14.8 Å². The van der Waals surface area contributed by atoms with E-state index < -0.39 is 15.9 Å². The fourth-order valence-corrected chi connectivity index (χ4v) is 3.38. The fraction of sp³-hybridized carbons (Fsp3) is 0.316. The van der Waals surface area contributed by atoms with Crippen molar-refractivity contribution in [2.24, 2.45) is 0 Å². The number of halogens is 1. The molecule has 8 heteroatoms. The summed E-state index contributed by atoms with van der Waals surface area (Å²) in [6.45, 7) is 3.73. The van der Waals surface area contributed by atoms with Gasteiger partial charge in [0.2, 0.25) is 15.9 Å². The van der Waals surface area contributed by atoms with E-state index in [1.807, 2.05) is 6.92 Å². The van der Waals surface area contributed by atoms with Crippen molar-refractivity contribution in [1.29, 1.82) is 0 Å². The number of carbonyl (C=O) groups excluding carboxylic acids is 1. The van der Waals surface area contributed by atoms with Crippen molar-refractivity contribution < 1.29 is 22.3 Å². The number of nitrogens with one attached hydrogen (secondary N) is 1. The Morgan fingerprint density at radius 1 is 1.15 bits per heavy atom. The number of anilines is 1. The molecule has 2 aromatic rings. The van der Waals surface area contributed by atoms with Gasteiger partial charge in [0, 0.05) is 0 Å². The molecule has 2 rings (SSSR count). The summed E-state index contributed by atoms with van der Waals surface area (Å²) >= 11 is 0. The molecule has 6 nitrogen and oxygen atoms in total. The van der Waals surface area contributed by atoms with Gasteiger partial charge in [-0.3, -0.25) is 9.10 Å². The van der Waals surface area contributed by atoms with E-state index in [-0.39, 0.29) is 18.4 Å². The maximum Gasteiger partial charge on any atom is 0.241 e. The zero-order valence-electron chi connectivity index (χ0n) is 15.5. The number of rotatable bonds is 8. The van der Waals surface area contributed by atoms with Crippen molar-refractivity contribution in [2.75, 3.05) is 23.7 Å². The Balaban J connectivity index is 2.11. The first kappa shape index (κ1) is 20.7. The van der Waals surface area contributed by atoms with E-state index in [0.717, 1.165) is 16.1 Å². The second-order valence-electron chi connectivity index (χ2n) is 6.04. The fourth-order valence-electron chi connectivity index (χ4n) is 2.53. The number of carbonyl (C=O) groups is 1. The molecular formula is C19H23FN2O4S. The van der Waals surface area contributed by atoms with Gasteiger partial charge in [-0.05, 0) is 55.8 Å². The lowest BCUT2D eigenvalue weighted by Gasteiger charge is -2.23. The molecule has 0 saturated carbocycles. The molecule has 0 radical (unpaired) electrons. The third-order valence-electron chi connectivity index (χ3n) is 3.87. The van der Waals surface area contributed by atoms with E-state index in [9.17, 15) is 17.6 Å². The molecule has 0 spiro atoms. The largest absolute Gasteiger partial charge is 0.494 e. The number of hydrogen-bond acceptors (Lipinski definition) is 4. The summed E-state index contributed by atoms with van der Waals surface area (Å²) < 4.78 is 43.7. The molecule has 0 bridgehead atoms. The van der Waals surface area contributed by atoms with E-state index in [4.69, 9.17) is 4.74 Å². The lowest BCUT2D eigenvalue weighted by Crippen LogP contribution is -2.41. The van der Waals surface area contributed by atoms with Gasteiger partial charge < -0.3 is 10.1 Å². The van der Waals surface area contributed by atoms with Crippen LogP contribution in [0.3, 0.4) is 0 Å². The van der Waals surface area contributed by atoms with Gasteiger partial charge in [-0.2, -0.15) is 0 Å². The minimum Gasteiger partial charge on any atom is -0.494 e. The zero-order chi connectivity index (χ0) is 20.0. The van der Waals surface area contributed by atoms with E-state index >= 15 is 0 Å². The number of sulfonamides is 1. The summed E-state index contributed by atoms with van der Waals surface area (Å²) in [4.78, 5) is 12.4. The summed E-state index contributed by atoms with van der Waals surface area (Å²) in [5.74, 6) is -0.216. The molecule has 0 aliphatic carbocycles. The molecular weight excluding hydrogens is 371 g/mol. The van der Waals surface area contributed by atoms with Crippen LogP contribution in [0, 0.1) is 5.82 Å². The maximum atomic E-state index is 13.0. The van der Waals surface area contributed by atoms with Crippen LogP contribution >= 0.6 is 0 Å². The van der Waals surface area contributed by atoms with Crippen LogP contribution in [0.15, 0.2) is 48.5 Å². The maximum absolute atomic E-state index is 13.0. The summed E-state index contributed by atoms with van der Waals surface area (Å²) in [5.41, 5.74) is 1.09. The van der Waals surface area contributed by atoms with Crippen molar-refractivity contribution in [3.63, 3.8) is 0 Å². The third kappa shape index (κ3) is 5.96. The van der Waals surface area contributed by atoms with Crippen molar-refractivity contribution in [1.82, 2.24) is 5.32 Å². The van der Waals surface area contributed by atoms with Crippen molar-refractivity contribution in [3.8, 4) is 5.75 Å². The minimum absolute atomic E-state index is 0.363. The first-order chi connectivity index (χ1) is 12.7. The smallest absolute Gasteiger partial charge is 0.241 e. The summed E-state index contributed by atoms with van der Waals surface area (Å²) in [7, 11) is -3.66. The second kappa shape index (κ2) is 8.85. The monoisotopic (exact) mass is 394 g/mol. The Morgan fingerprint density at radius 3 is 2.26 bits per heavy atom. The van der Waals surface area contributed by atoms with Gasteiger partial charge in [0.25, 0.3) is 0 Å². The number of ether oxygens (including phenoxy) is 1. The highest BCUT2D eigenvalue weighted by atomic mass is 32.2. The molecule has 0 aliphatic rings. The van der Waals surface area contributed by atoms with Gasteiger partial charge in [-0.15, -0.1) is 0 Å². The normalized spacial score (nSPS) is 12.3. The molecule has 1 atom stereocenters. The van der Waals surface area contributed by atoms with Gasteiger partial charge >= 0.3 is 0 Å². The second-order valence-corrected chi connectivity index (χ2v) is 7.94. The average molecular weight is 394 g/mol. The van der Waals surface area contributed by atoms with Crippen LogP contribution in [0.25, 0.3) is 0 Å². The van der Waals surface area contributed by atoms with E-state index in [0.29, 0.717) is 18.0 Å². The van der Waals surface area contributed by atoms with Crippen molar-refractivity contribution >= 4 is 21.6 Å². The van der Waals surface area contributed by atoms with Gasteiger partial charge in [0.1, 0.15) is 18.1 Å². The Hall–Kier alpha value is -2.61. The number of hydrogen-bond donors (Lipinski definition) is 1. The molecule has 146 valence electrons. The number of nitrogens with zero attached hydrogens (tertiary/aromatic N) is 1. The van der Waals surface area contributed by atoms with E-state index in [1.165, 1.54) is 12.1 Å². The molecule has 0 fully saturated rings. The Labute approximate surface area is 159 Å². The number of amides is 1. The van der Waals surface area contributed by atoms with E-state index in [2.05, 4.69) is 5.32 Å². The lowest BCUT2D eigenvalue weighted by atomic mass is 10.1. The molecule has 1 amide bonds. The molecule has 0 aromatic heterocycles. The van der Waals surface area contributed by atoms with Gasteiger partial charge in [-0.25, -0.2) is 12.8 Å². The highest BCUT2D eigenvalue weighted by molar-refractivity contribution is 7.92. The topological polar surface area (TPSA) is 75.7 Å². The van der Waals surface area contributed by atoms with Crippen molar-refractivity contribution in [3.05, 3.63) is 59.9 Å². The highest BCUT2D eigenvalue weighted by Gasteiger charge is 2.22. The standard InChI is InChI=1S/C19H23FN2O4S/c1-4-26-18-11-9-17(10-12-18)22(27(3,24)25)13-19(23)21-14(2)15-5-7-16(20)8-6-15/h5-12,14H,4,13H2,1-3H3,(H,21,23)/t14-/m0/s1. The predicted octanol–water partition coefficient (Wildman–Crippen LogP) is 2.87. The summed E-state index contributed by atoms with van der Waals surface area (Å²) in [6.07, 6.45) is 1.04. The van der Waals surface area contributed by atoms with Gasteiger partial charge in [0.15, 0.2) is 0 Å². The quantitative estimate of drug-likeness (QED) is 0.747. The molecule has 0 unspecified atom stereocenters. The minimum atomic E-state index is -3.66. The average Bonchev–Trinajstić information content (AvgIpc) is 2.60.